The van der Waals surface area contributed by atoms with Crippen LogP contribution in [0.1, 0.15) is 19.5 Å². The molecule has 0 unspecified atom stereocenters. The van der Waals surface area contributed by atoms with Crippen molar-refractivity contribution in [3.05, 3.63) is 41.4 Å². The molecule has 0 saturated carbocycles. The Kier molecular flexibility index (Phi) is 5.12. The van der Waals surface area contributed by atoms with Gasteiger partial charge in [-0.1, -0.05) is 44.2 Å². The van der Waals surface area contributed by atoms with E-state index in [4.69, 9.17) is 5.73 Å². The van der Waals surface area contributed by atoms with Crippen LogP contribution in [-0.2, 0) is 6.54 Å². The summed E-state index contributed by atoms with van der Waals surface area (Å²) < 4.78 is 0. The van der Waals surface area contributed by atoms with Crippen LogP contribution in [0.4, 0.5) is 0 Å². The van der Waals surface area contributed by atoms with Crippen LogP contribution in [0.15, 0.2) is 40.7 Å². The number of benzene rings is 1. The van der Waals surface area contributed by atoms with Crippen molar-refractivity contribution in [2.45, 2.75) is 20.4 Å². The summed E-state index contributed by atoms with van der Waals surface area (Å²) in [5, 5.41) is 6.14. The number of thiazole rings is 1. The molecule has 4 nitrogen and oxygen atoms in total. The number of hydrogen-bond acceptors (Lipinski definition) is 3. The Bertz CT molecular complexity index is 560. The van der Waals surface area contributed by atoms with Crippen LogP contribution in [0.3, 0.4) is 0 Å². The van der Waals surface area contributed by atoms with Gasteiger partial charge in [-0.05, 0) is 5.92 Å². The summed E-state index contributed by atoms with van der Waals surface area (Å²) in [5.74, 6) is 1.03. The van der Waals surface area contributed by atoms with E-state index in [-0.39, 0.29) is 0 Å². The van der Waals surface area contributed by atoms with Crippen LogP contribution in [0.5, 0.6) is 0 Å². The van der Waals surface area contributed by atoms with Crippen LogP contribution in [0, 0.1) is 5.92 Å². The Morgan fingerprint density at radius 2 is 2.10 bits per heavy atom. The van der Waals surface area contributed by atoms with E-state index in [0.29, 0.717) is 18.4 Å². The lowest BCUT2D eigenvalue weighted by Crippen LogP contribution is -2.34. The van der Waals surface area contributed by atoms with Crippen LogP contribution in [0.2, 0.25) is 0 Å². The first kappa shape index (κ1) is 14.5. The second kappa shape index (κ2) is 7.05. The molecule has 0 bridgehead atoms. The van der Waals surface area contributed by atoms with Gasteiger partial charge in [-0.25, -0.2) is 9.98 Å². The lowest BCUT2D eigenvalue weighted by atomic mass is 10.2. The lowest BCUT2D eigenvalue weighted by Gasteiger charge is -2.07. The molecule has 0 aliphatic carbocycles. The van der Waals surface area contributed by atoms with Crippen molar-refractivity contribution in [2.24, 2.45) is 16.6 Å². The van der Waals surface area contributed by atoms with E-state index in [1.165, 1.54) is 0 Å². The van der Waals surface area contributed by atoms with Crippen molar-refractivity contribution < 1.29 is 0 Å². The maximum atomic E-state index is 5.80. The van der Waals surface area contributed by atoms with E-state index in [2.05, 4.69) is 41.3 Å². The summed E-state index contributed by atoms with van der Waals surface area (Å²) in [6, 6.07) is 10.2. The second-order valence-corrected chi connectivity index (χ2v) is 5.84. The van der Waals surface area contributed by atoms with Gasteiger partial charge in [-0.15, -0.1) is 11.3 Å². The first-order chi connectivity index (χ1) is 9.65. The smallest absolute Gasteiger partial charge is 0.188 e. The average Bonchev–Trinajstić information content (AvgIpc) is 2.93. The molecule has 0 amide bonds. The monoisotopic (exact) mass is 288 g/mol. The number of nitrogens with two attached hydrogens (primary N) is 1. The molecule has 0 atom stereocenters. The second-order valence-electron chi connectivity index (χ2n) is 4.99. The summed E-state index contributed by atoms with van der Waals surface area (Å²) >= 11 is 1.63. The molecule has 0 fully saturated rings. The molecule has 3 N–H and O–H groups in total. The molecule has 2 aromatic rings. The number of hydrogen-bond donors (Lipinski definition) is 2. The fourth-order valence-electron chi connectivity index (χ4n) is 1.62. The normalized spacial score (nSPS) is 11.8. The van der Waals surface area contributed by atoms with Crippen LogP contribution in [-0.4, -0.2) is 17.5 Å². The van der Waals surface area contributed by atoms with E-state index in [0.717, 1.165) is 22.8 Å². The number of aromatic nitrogens is 1. The lowest BCUT2D eigenvalue weighted by molar-refractivity contribution is 0.621. The Morgan fingerprint density at radius 3 is 2.80 bits per heavy atom. The topological polar surface area (TPSA) is 63.3 Å². The Morgan fingerprint density at radius 1 is 1.35 bits per heavy atom. The summed E-state index contributed by atoms with van der Waals surface area (Å²) in [6.45, 7) is 5.61. The Balaban J connectivity index is 1.95. The molecule has 5 heteroatoms. The van der Waals surface area contributed by atoms with Crippen molar-refractivity contribution in [3.63, 3.8) is 0 Å². The fourth-order valence-corrected chi connectivity index (χ4v) is 2.44. The van der Waals surface area contributed by atoms with Crippen molar-refractivity contribution >= 4 is 17.3 Å². The van der Waals surface area contributed by atoms with Crippen LogP contribution in [0.25, 0.3) is 10.6 Å². The number of nitrogens with one attached hydrogen (secondary N) is 1. The van der Waals surface area contributed by atoms with Crippen molar-refractivity contribution in [1.29, 1.82) is 0 Å². The third-order valence-corrected chi connectivity index (χ3v) is 3.62. The quantitative estimate of drug-likeness (QED) is 0.657. The number of nitrogens with zero attached hydrogens (tertiary/aromatic N) is 2. The van der Waals surface area contributed by atoms with E-state index in [9.17, 15) is 0 Å². The zero-order valence-corrected chi connectivity index (χ0v) is 12.7. The standard InChI is InChI=1S/C15H20N4S/c1-11(2)8-17-15(16)18-9-13-10-20-14(19-13)12-6-4-3-5-7-12/h3-7,10-11H,8-9H2,1-2H3,(H3,16,17,18). The van der Waals surface area contributed by atoms with Gasteiger partial charge in [0, 0.05) is 17.5 Å². The van der Waals surface area contributed by atoms with Gasteiger partial charge in [-0.3, -0.25) is 0 Å². The van der Waals surface area contributed by atoms with Gasteiger partial charge in [0.1, 0.15) is 5.01 Å². The number of rotatable bonds is 5. The Labute approximate surface area is 123 Å². The maximum Gasteiger partial charge on any atom is 0.188 e. The fraction of sp³-hybridized carbons (Fsp3) is 0.333. The van der Waals surface area contributed by atoms with Crippen LogP contribution < -0.4 is 11.1 Å². The predicted octanol–water partition coefficient (Wildman–Crippen LogP) is 2.87. The summed E-state index contributed by atoms with van der Waals surface area (Å²) in [5.41, 5.74) is 7.89. The molecule has 2 rings (SSSR count). The largest absolute Gasteiger partial charge is 0.370 e. The SMILES string of the molecule is CC(C)CNC(N)=NCc1csc(-c2ccccc2)n1. The van der Waals surface area contributed by atoms with Gasteiger partial charge in [0.2, 0.25) is 0 Å². The molecule has 1 aromatic carbocycles. The first-order valence-corrected chi connectivity index (χ1v) is 7.56. The number of aliphatic imine (C=N–C) groups is 1. The maximum absolute atomic E-state index is 5.80. The predicted molar refractivity (Wildman–Crippen MR) is 85.7 cm³/mol. The highest BCUT2D eigenvalue weighted by Crippen LogP contribution is 2.23. The highest BCUT2D eigenvalue weighted by atomic mass is 32.1. The third kappa shape index (κ3) is 4.35. The molecule has 0 aliphatic heterocycles. The van der Waals surface area contributed by atoms with Crippen molar-refractivity contribution in [1.82, 2.24) is 10.3 Å². The van der Waals surface area contributed by atoms with Crippen molar-refractivity contribution in [2.75, 3.05) is 6.54 Å². The zero-order valence-electron chi connectivity index (χ0n) is 11.8. The number of guanidine groups is 1. The summed E-state index contributed by atoms with van der Waals surface area (Å²) in [6.07, 6.45) is 0. The van der Waals surface area contributed by atoms with E-state index >= 15 is 0 Å². The summed E-state index contributed by atoms with van der Waals surface area (Å²) in [7, 11) is 0. The van der Waals surface area contributed by atoms with E-state index in [1.807, 2.05) is 23.6 Å². The molecule has 20 heavy (non-hydrogen) atoms. The highest BCUT2D eigenvalue weighted by molar-refractivity contribution is 7.13. The van der Waals surface area contributed by atoms with Gasteiger partial charge >= 0.3 is 0 Å². The van der Waals surface area contributed by atoms with Gasteiger partial charge in [0.25, 0.3) is 0 Å². The molecular formula is C15H20N4S. The first-order valence-electron chi connectivity index (χ1n) is 6.68. The average molecular weight is 288 g/mol. The molecular weight excluding hydrogens is 268 g/mol. The minimum absolute atomic E-state index is 0.480. The van der Waals surface area contributed by atoms with Crippen molar-refractivity contribution in [3.8, 4) is 10.6 Å². The Hall–Kier alpha value is -1.88. The summed E-state index contributed by atoms with van der Waals surface area (Å²) in [4.78, 5) is 8.88. The van der Waals surface area contributed by atoms with Gasteiger partial charge < -0.3 is 11.1 Å². The molecule has 0 aliphatic rings. The zero-order chi connectivity index (χ0) is 14.4. The third-order valence-electron chi connectivity index (χ3n) is 2.68. The molecule has 106 valence electrons. The minimum Gasteiger partial charge on any atom is -0.370 e. The molecule has 0 radical (unpaired) electrons. The van der Waals surface area contributed by atoms with Gasteiger partial charge in [0.05, 0.1) is 12.2 Å². The highest BCUT2D eigenvalue weighted by Gasteiger charge is 2.04. The molecule has 1 heterocycles. The van der Waals surface area contributed by atoms with E-state index < -0.39 is 0 Å². The molecule has 0 saturated heterocycles. The van der Waals surface area contributed by atoms with E-state index in [1.54, 1.807) is 11.3 Å². The minimum atomic E-state index is 0.480. The van der Waals surface area contributed by atoms with Gasteiger partial charge in [0.15, 0.2) is 5.96 Å². The van der Waals surface area contributed by atoms with Gasteiger partial charge in [-0.2, -0.15) is 0 Å². The molecule has 0 spiro atoms. The molecule has 1 aromatic heterocycles. The van der Waals surface area contributed by atoms with Crippen LogP contribution >= 0.6 is 11.3 Å².